The molecule has 0 spiro atoms. The second-order valence-corrected chi connectivity index (χ2v) is 8.02. The fraction of sp³-hybridized carbons (Fsp3) is 0.143. The summed E-state index contributed by atoms with van der Waals surface area (Å²) in [5.74, 6) is 1.27. The van der Waals surface area contributed by atoms with E-state index in [-0.39, 0.29) is 5.91 Å². The number of thiophene rings is 1. The van der Waals surface area contributed by atoms with E-state index in [0.29, 0.717) is 15.8 Å². The number of methoxy groups -OCH3 is 2. The van der Waals surface area contributed by atoms with E-state index in [0.717, 1.165) is 32.7 Å². The number of carbonyl (C=O) groups excluding carboxylic acids is 1. The van der Waals surface area contributed by atoms with Gasteiger partial charge in [-0.2, -0.15) is 0 Å². The third kappa shape index (κ3) is 3.34. The molecule has 1 amide bonds. The van der Waals surface area contributed by atoms with E-state index in [2.05, 4.69) is 10.3 Å². The minimum Gasteiger partial charge on any atom is -0.497 e. The van der Waals surface area contributed by atoms with E-state index in [4.69, 9.17) is 9.47 Å². The lowest BCUT2D eigenvalue weighted by Crippen LogP contribution is -2.11. The first-order valence-electron chi connectivity index (χ1n) is 8.58. The number of nitrogens with one attached hydrogen (secondary N) is 1. The normalized spacial score (nSPS) is 10.8. The molecule has 0 radical (unpaired) electrons. The molecule has 1 N–H and O–H groups in total. The minimum atomic E-state index is -0.141. The van der Waals surface area contributed by atoms with Crippen molar-refractivity contribution in [2.45, 2.75) is 6.92 Å². The zero-order chi connectivity index (χ0) is 19.7. The van der Waals surface area contributed by atoms with Crippen LogP contribution < -0.4 is 14.8 Å². The summed E-state index contributed by atoms with van der Waals surface area (Å²) in [5.41, 5.74) is 2.53. The fourth-order valence-electron chi connectivity index (χ4n) is 3.01. The number of hydrogen-bond donors (Lipinski definition) is 1. The number of benzene rings is 2. The summed E-state index contributed by atoms with van der Waals surface area (Å²) in [5, 5.41) is 6.47. The summed E-state index contributed by atoms with van der Waals surface area (Å²) in [4.78, 5) is 18.1. The van der Waals surface area contributed by atoms with E-state index in [1.54, 1.807) is 14.2 Å². The van der Waals surface area contributed by atoms with E-state index in [9.17, 15) is 4.79 Å². The van der Waals surface area contributed by atoms with Crippen molar-refractivity contribution in [3.05, 3.63) is 58.3 Å². The second kappa shape index (κ2) is 7.61. The van der Waals surface area contributed by atoms with E-state index < -0.39 is 0 Å². The maximum absolute atomic E-state index is 12.8. The van der Waals surface area contributed by atoms with Gasteiger partial charge in [0.05, 0.1) is 24.8 Å². The lowest BCUT2D eigenvalue weighted by atomic mass is 10.1. The van der Waals surface area contributed by atoms with Gasteiger partial charge in [0.2, 0.25) is 0 Å². The standard InChI is InChI=1S/C21H18N2O3S2/c1-12-14-6-4-5-7-18(14)28-19(12)20(24)23-21-22-16(11-27-21)15-10-13(25-2)8-9-17(15)26-3/h4-11H,1-3H3,(H,22,23,24). The van der Waals surface area contributed by atoms with Gasteiger partial charge < -0.3 is 9.47 Å². The molecule has 2 heterocycles. The molecular formula is C21H18N2O3S2. The zero-order valence-electron chi connectivity index (χ0n) is 15.6. The van der Waals surface area contributed by atoms with Crippen LogP contribution in [0, 0.1) is 6.92 Å². The maximum Gasteiger partial charge on any atom is 0.267 e. The molecule has 142 valence electrons. The predicted octanol–water partition coefficient (Wildman–Crippen LogP) is 5.60. The van der Waals surface area contributed by atoms with Gasteiger partial charge in [-0.25, -0.2) is 4.98 Å². The first-order valence-corrected chi connectivity index (χ1v) is 10.3. The van der Waals surface area contributed by atoms with E-state index in [1.165, 1.54) is 22.7 Å². The summed E-state index contributed by atoms with van der Waals surface area (Å²) in [6.45, 7) is 1.97. The van der Waals surface area contributed by atoms with Crippen LogP contribution in [0.15, 0.2) is 47.8 Å². The van der Waals surface area contributed by atoms with Crippen LogP contribution >= 0.6 is 22.7 Å². The minimum absolute atomic E-state index is 0.141. The molecule has 0 aliphatic heterocycles. The number of fused-ring (bicyclic) bond motifs is 1. The Balaban J connectivity index is 1.61. The molecule has 0 atom stereocenters. The number of carbonyl (C=O) groups is 1. The van der Waals surface area contributed by atoms with Crippen LogP contribution in [0.25, 0.3) is 21.3 Å². The molecule has 0 saturated carbocycles. The number of amides is 1. The molecule has 0 bridgehead atoms. The smallest absolute Gasteiger partial charge is 0.267 e. The monoisotopic (exact) mass is 410 g/mol. The fourth-order valence-corrected chi connectivity index (χ4v) is 4.82. The molecule has 28 heavy (non-hydrogen) atoms. The molecule has 0 unspecified atom stereocenters. The number of thiazole rings is 1. The van der Waals surface area contributed by atoms with Crippen LogP contribution in [0.5, 0.6) is 11.5 Å². The summed E-state index contributed by atoms with van der Waals surface area (Å²) >= 11 is 2.87. The van der Waals surface area contributed by atoms with Crippen molar-refractivity contribution in [1.82, 2.24) is 4.98 Å². The third-order valence-corrected chi connectivity index (χ3v) is 6.49. The number of hydrogen-bond acceptors (Lipinski definition) is 6. The molecule has 0 aliphatic carbocycles. The number of aryl methyl sites for hydroxylation is 1. The molecule has 0 fully saturated rings. The van der Waals surface area contributed by atoms with Crippen molar-refractivity contribution in [2.24, 2.45) is 0 Å². The van der Waals surface area contributed by atoms with Crippen molar-refractivity contribution in [3.8, 4) is 22.8 Å². The van der Waals surface area contributed by atoms with Crippen molar-refractivity contribution < 1.29 is 14.3 Å². The zero-order valence-corrected chi connectivity index (χ0v) is 17.2. The van der Waals surface area contributed by atoms with Gasteiger partial charge in [0, 0.05) is 15.6 Å². The van der Waals surface area contributed by atoms with E-state index >= 15 is 0 Å². The third-order valence-electron chi connectivity index (χ3n) is 4.46. The molecular weight excluding hydrogens is 392 g/mol. The lowest BCUT2D eigenvalue weighted by Gasteiger charge is -2.08. The van der Waals surface area contributed by atoms with Crippen molar-refractivity contribution in [2.75, 3.05) is 19.5 Å². The van der Waals surface area contributed by atoms with Gasteiger partial charge in [0.25, 0.3) is 5.91 Å². The number of aromatic nitrogens is 1. The Morgan fingerprint density at radius 3 is 2.68 bits per heavy atom. The van der Waals surface area contributed by atoms with Gasteiger partial charge in [-0.15, -0.1) is 22.7 Å². The molecule has 5 nitrogen and oxygen atoms in total. The summed E-state index contributed by atoms with van der Waals surface area (Å²) < 4.78 is 11.8. The van der Waals surface area contributed by atoms with Crippen LogP contribution in [0.4, 0.5) is 5.13 Å². The highest BCUT2D eigenvalue weighted by molar-refractivity contribution is 7.21. The highest BCUT2D eigenvalue weighted by Gasteiger charge is 2.18. The second-order valence-electron chi connectivity index (χ2n) is 6.11. The average molecular weight is 411 g/mol. The maximum atomic E-state index is 12.8. The Morgan fingerprint density at radius 1 is 1.11 bits per heavy atom. The van der Waals surface area contributed by atoms with Crippen LogP contribution in [-0.2, 0) is 0 Å². The topological polar surface area (TPSA) is 60.5 Å². The Hall–Kier alpha value is -2.90. The lowest BCUT2D eigenvalue weighted by molar-refractivity contribution is 0.103. The SMILES string of the molecule is COc1ccc(OC)c(-c2csc(NC(=O)c3sc4ccccc4c3C)n2)c1. The van der Waals surface area contributed by atoms with Gasteiger partial charge in [-0.3, -0.25) is 10.1 Å². The number of anilines is 1. The highest BCUT2D eigenvalue weighted by Crippen LogP contribution is 2.36. The average Bonchev–Trinajstić information content (AvgIpc) is 3.32. The summed E-state index contributed by atoms with van der Waals surface area (Å²) in [6, 6.07) is 13.6. The summed E-state index contributed by atoms with van der Waals surface area (Å²) in [7, 11) is 3.23. The van der Waals surface area contributed by atoms with Crippen LogP contribution in [0.1, 0.15) is 15.2 Å². The van der Waals surface area contributed by atoms with E-state index in [1.807, 2.05) is 54.8 Å². The van der Waals surface area contributed by atoms with Gasteiger partial charge in [-0.1, -0.05) is 18.2 Å². The molecule has 4 aromatic rings. The molecule has 2 aromatic carbocycles. The first-order chi connectivity index (χ1) is 13.6. The molecule has 7 heteroatoms. The summed E-state index contributed by atoms with van der Waals surface area (Å²) in [6.07, 6.45) is 0. The number of ether oxygens (including phenoxy) is 2. The highest BCUT2D eigenvalue weighted by atomic mass is 32.1. The van der Waals surface area contributed by atoms with Gasteiger partial charge >= 0.3 is 0 Å². The van der Waals surface area contributed by atoms with Gasteiger partial charge in [-0.05, 0) is 42.1 Å². The van der Waals surface area contributed by atoms with Crippen LogP contribution in [0.3, 0.4) is 0 Å². The van der Waals surface area contributed by atoms with Crippen molar-refractivity contribution >= 4 is 43.8 Å². The van der Waals surface area contributed by atoms with Gasteiger partial charge in [0.15, 0.2) is 5.13 Å². The number of rotatable bonds is 5. The van der Waals surface area contributed by atoms with Gasteiger partial charge in [0.1, 0.15) is 11.5 Å². The van der Waals surface area contributed by atoms with Crippen molar-refractivity contribution in [1.29, 1.82) is 0 Å². The Morgan fingerprint density at radius 2 is 1.93 bits per heavy atom. The Bertz CT molecular complexity index is 1160. The quantitative estimate of drug-likeness (QED) is 0.465. The molecule has 0 aliphatic rings. The molecule has 0 saturated heterocycles. The van der Waals surface area contributed by atoms with Crippen LogP contribution in [0.2, 0.25) is 0 Å². The number of nitrogens with zero attached hydrogens (tertiary/aromatic N) is 1. The first kappa shape index (κ1) is 18.5. The Labute approximate surface area is 170 Å². The predicted molar refractivity (Wildman–Crippen MR) is 115 cm³/mol. The molecule has 4 rings (SSSR count). The van der Waals surface area contributed by atoms with Crippen molar-refractivity contribution in [3.63, 3.8) is 0 Å². The molecule has 2 aromatic heterocycles. The van der Waals surface area contributed by atoms with Crippen LogP contribution in [-0.4, -0.2) is 25.1 Å². The Kier molecular flexibility index (Phi) is 5.02. The largest absolute Gasteiger partial charge is 0.497 e.